The first-order valence-electron chi connectivity index (χ1n) is 8.40. The second kappa shape index (κ2) is 8.28. The van der Waals surface area contributed by atoms with Gasteiger partial charge in [0, 0.05) is 0 Å². The summed E-state index contributed by atoms with van der Waals surface area (Å²) in [6.45, 7) is 0. The van der Waals surface area contributed by atoms with Crippen molar-refractivity contribution in [2.75, 3.05) is 4.90 Å². The van der Waals surface area contributed by atoms with Crippen LogP contribution >= 0.6 is 35.3 Å². The van der Waals surface area contributed by atoms with Crippen molar-refractivity contribution in [2.45, 2.75) is 0 Å². The van der Waals surface area contributed by atoms with Crippen LogP contribution in [0.25, 0.3) is 6.08 Å². The molecule has 0 bridgehead atoms. The zero-order valence-electron chi connectivity index (χ0n) is 14.7. The Kier molecular flexibility index (Phi) is 5.57. The van der Waals surface area contributed by atoms with Gasteiger partial charge in [0.1, 0.15) is 16.4 Å². The van der Waals surface area contributed by atoms with E-state index in [0.717, 1.165) is 17.3 Å². The minimum atomic E-state index is -0.437. The van der Waals surface area contributed by atoms with Crippen LogP contribution in [0.5, 0.6) is 5.75 Å². The van der Waals surface area contributed by atoms with E-state index < -0.39 is 11.8 Å². The number of thioether (sulfide) groups is 1. The van der Waals surface area contributed by atoms with Crippen molar-refractivity contribution in [1.29, 1.82) is 0 Å². The van der Waals surface area contributed by atoms with Crippen molar-refractivity contribution in [3.63, 3.8) is 0 Å². The molecule has 1 saturated heterocycles. The fourth-order valence-electron chi connectivity index (χ4n) is 2.64. The number of hydrogen-bond donors (Lipinski definition) is 0. The summed E-state index contributed by atoms with van der Waals surface area (Å²) in [7, 11) is 0. The maximum Gasteiger partial charge on any atom is 0.353 e. The zero-order chi connectivity index (χ0) is 20.4. The predicted molar refractivity (Wildman–Crippen MR) is 118 cm³/mol. The lowest BCUT2D eigenvalue weighted by Gasteiger charge is -2.14. The van der Waals surface area contributed by atoms with Gasteiger partial charge in [0.25, 0.3) is 5.91 Å². The highest BCUT2D eigenvalue weighted by atomic mass is 32.2. The summed E-state index contributed by atoms with van der Waals surface area (Å²) in [6, 6.07) is 16.0. The Morgan fingerprint density at radius 3 is 2.59 bits per heavy atom. The average Bonchev–Trinajstić information content (AvgIpc) is 3.32. The molecule has 0 aliphatic carbocycles. The molecule has 29 heavy (non-hydrogen) atoms. The van der Waals surface area contributed by atoms with Gasteiger partial charge in [-0.1, -0.05) is 48.2 Å². The highest BCUT2D eigenvalue weighted by Gasteiger charge is 2.33. The van der Waals surface area contributed by atoms with Crippen LogP contribution in [-0.2, 0) is 4.79 Å². The van der Waals surface area contributed by atoms with Crippen LogP contribution < -0.4 is 9.64 Å². The topological polar surface area (TPSA) is 46.6 Å². The Hall–Kier alpha value is -2.81. The number of hydrogen-bond acceptors (Lipinski definition) is 6. The molecule has 8 heteroatoms. The number of carbonyl (C=O) groups excluding carboxylic acids is 2. The van der Waals surface area contributed by atoms with Crippen LogP contribution in [0, 0.1) is 5.82 Å². The summed E-state index contributed by atoms with van der Waals surface area (Å²) in [5, 5.41) is 1.81. The summed E-state index contributed by atoms with van der Waals surface area (Å²) in [5.74, 6) is -0.747. The van der Waals surface area contributed by atoms with E-state index in [1.165, 1.54) is 34.4 Å². The van der Waals surface area contributed by atoms with Crippen molar-refractivity contribution >= 4 is 63.3 Å². The van der Waals surface area contributed by atoms with Gasteiger partial charge in [0.05, 0.1) is 10.6 Å². The molecular weight excluding hydrogens is 429 g/mol. The molecule has 1 amide bonds. The molecule has 1 aliphatic rings. The number of benzene rings is 2. The highest BCUT2D eigenvalue weighted by molar-refractivity contribution is 8.27. The number of nitrogens with zero attached hydrogens (tertiary/aromatic N) is 1. The standard InChI is InChI=1S/C21H12FNO3S3/c22-14-3-1-4-15(12-14)23-19(24)18(29-21(23)27)11-13-6-8-16(9-7-13)26-20(25)17-5-2-10-28-17/h1-12H. The van der Waals surface area contributed by atoms with E-state index in [2.05, 4.69) is 0 Å². The van der Waals surface area contributed by atoms with Gasteiger partial charge < -0.3 is 4.74 Å². The molecule has 0 radical (unpaired) electrons. The van der Waals surface area contributed by atoms with Gasteiger partial charge in [0.15, 0.2) is 4.32 Å². The third-order valence-corrected chi connectivity index (χ3v) is 6.12. The van der Waals surface area contributed by atoms with Gasteiger partial charge >= 0.3 is 5.97 Å². The molecule has 3 aromatic rings. The number of esters is 1. The van der Waals surface area contributed by atoms with Crippen molar-refractivity contribution < 1.29 is 18.7 Å². The van der Waals surface area contributed by atoms with Crippen LogP contribution in [-0.4, -0.2) is 16.2 Å². The Morgan fingerprint density at radius 1 is 1.10 bits per heavy atom. The van der Waals surface area contributed by atoms with Crippen molar-refractivity contribution in [1.82, 2.24) is 0 Å². The van der Waals surface area contributed by atoms with Crippen molar-refractivity contribution in [3.8, 4) is 5.75 Å². The smallest absolute Gasteiger partial charge is 0.353 e. The van der Waals surface area contributed by atoms with Crippen LogP contribution in [0.2, 0.25) is 0 Å². The first-order valence-corrected chi connectivity index (χ1v) is 10.5. The summed E-state index contributed by atoms with van der Waals surface area (Å²) < 4.78 is 19.2. The molecule has 0 spiro atoms. The second-order valence-corrected chi connectivity index (χ2v) is 8.56. The third kappa shape index (κ3) is 4.29. The maximum absolute atomic E-state index is 13.5. The summed E-state index contributed by atoms with van der Waals surface area (Å²) in [5.41, 5.74) is 1.15. The van der Waals surface area contributed by atoms with E-state index in [0.29, 0.717) is 25.5 Å². The van der Waals surface area contributed by atoms with Crippen LogP contribution in [0.4, 0.5) is 10.1 Å². The van der Waals surface area contributed by atoms with Crippen LogP contribution in [0.3, 0.4) is 0 Å². The molecule has 0 atom stereocenters. The first-order chi connectivity index (χ1) is 14.0. The van der Waals surface area contributed by atoms with Crippen molar-refractivity contribution in [3.05, 3.63) is 87.2 Å². The Morgan fingerprint density at radius 2 is 1.90 bits per heavy atom. The number of thiocarbonyl (C=S) groups is 1. The lowest BCUT2D eigenvalue weighted by atomic mass is 10.2. The normalized spacial score (nSPS) is 15.2. The number of thiophene rings is 1. The SMILES string of the molecule is O=C(Oc1ccc(C=C2SC(=S)N(c3cccc(F)c3)C2=O)cc1)c1cccs1. The van der Waals surface area contributed by atoms with E-state index in [-0.39, 0.29) is 5.91 Å². The van der Waals surface area contributed by atoms with Gasteiger partial charge in [-0.05, 0) is 53.4 Å². The lowest BCUT2D eigenvalue weighted by molar-refractivity contribution is -0.113. The molecule has 2 heterocycles. The summed E-state index contributed by atoms with van der Waals surface area (Å²) in [6.07, 6.45) is 1.70. The maximum atomic E-state index is 13.5. The zero-order valence-corrected chi connectivity index (χ0v) is 17.2. The number of amides is 1. The summed E-state index contributed by atoms with van der Waals surface area (Å²) >= 11 is 7.75. The van der Waals surface area contributed by atoms with Gasteiger partial charge in [-0.3, -0.25) is 9.69 Å². The second-order valence-electron chi connectivity index (χ2n) is 5.93. The summed E-state index contributed by atoms with van der Waals surface area (Å²) in [4.78, 5) is 27.0. The monoisotopic (exact) mass is 441 g/mol. The van der Waals surface area contributed by atoms with Gasteiger partial charge in [0.2, 0.25) is 0 Å². The minimum absolute atomic E-state index is 0.307. The number of rotatable bonds is 4. The fraction of sp³-hybridized carbons (Fsp3) is 0. The molecule has 0 saturated carbocycles. The number of ether oxygens (including phenoxy) is 1. The third-order valence-electron chi connectivity index (χ3n) is 3.97. The molecule has 1 aromatic heterocycles. The molecule has 144 valence electrons. The Balaban J connectivity index is 1.50. The van der Waals surface area contributed by atoms with Gasteiger partial charge in [-0.2, -0.15) is 0 Å². The number of halogens is 1. The van der Waals surface area contributed by atoms with Crippen LogP contribution in [0.1, 0.15) is 15.2 Å². The minimum Gasteiger partial charge on any atom is -0.422 e. The highest BCUT2D eigenvalue weighted by Crippen LogP contribution is 2.36. The lowest BCUT2D eigenvalue weighted by Crippen LogP contribution is -2.27. The van der Waals surface area contributed by atoms with E-state index in [9.17, 15) is 14.0 Å². The first kappa shape index (κ1) is 19.5. The van der Waals surface area contributed by atoms with Crippen LogP contribution in [0.15, 0.2) is 70.9 Å². The quantitative estimate of drug-likeness (QED) is 0.231. The molecule has 1 aliphatic heterocycles. The van der Waals surface area contributed by atoms with Crippen molar-refractivity contribution in [2.24, 2.45) is 0 Å². The van der Waals surface area contributed by atoms with E-state index in [4.69, 9.17) is 17.0 Å². The largest absolute Gasteiger partial charge is 0.422 e. The van der Waals surface area contributed by atoms with E-state index >= 15 is 0 Å². The number of carbonyl (C=O) groups is 2. The molecule has 4 nitrogen and oxygen atoms in total. The van der Waals surface area contributed by atoms with Gasteiger partial charge in [-0.15, -0.1) is 11.3 Å². The fourth-order valence-corrected chi connectivity index (χ4v) is 4.54. The molecule has 0 unspecified atom stereocenters. The Labute approximate surface area is 179 Å². The van der Waals surface area contributed by atoms with Gasteiger partial charge in [-0.25, -0.2) is 9.18 Å². The van der Waals surface area contributed by atoms with E-state index in [1.54, 1.807) is 53.9 Å². The molecule has 2 aromatic carbocycles. The average molecular weight is 442 g/mol. The predicted octanol–water partition coefficient (Wildman–Crippen LogP) is 5.51. The molecule has 4 rings (SSSR count). The molecule has 1 fully saturated rings. The molecular formula is C21H12FNO3S3. The number of anilines is 1. The Bertz CT molecular complexity index is 1120. The molecule has 0 N–H and O–H groups in total. The van der Waals surface area contributed by atoms with E-state index in [1.807, 2.05) is 0 Å².